The topological polar surface area (TPSA) is 96.7 Å². The summed E-state index contributed by atoms with van der Waals surface area (Å²) in [6.07, 6.45) is 6.00. The molecule has 8 nitrogen and oxygen atoms in total. The standard InChI is InChI=1S/C28H33ClN4O4/c1-17(2)33-16-20-7-6-19(14-24(20)31-33)26(34)27(35)30-18(3)28(36,32-12-4-5-13-32)21-8-11-25(23(29)15-21)37-22-9-10-22/h6-8,11,14-18,22,36H,4-5,9-10,12-13H2,1-3H3,(H,30,35)/t18-,28+/m1/s1. The highest BCUT2D eigenvalue weighted by Crippen LogP contribution is 2.38. The Hall–Kier alpha value is -2.94. The van der Waals surface area contributed by atoms with E-state index in [1.807, 2.05) is 29.6 Å². The first-order chi connectivity index (χ1) is 17.7. The molecule has 37 heavy (non-hydrogen) atoms. The summed E-state index contributed by atoms with van der Waals surface area (Å²) in [4.78, 5) is 28.1. The number of fused-ring (bicyclic) bond motifs is 1. The van der Waals surface area contributed by atoms with Crippen molar-refractivity contribution in [3.8, 4) is 5.75 Å². The van der Waals surface area contributed by atoms with E-state index in [1.165, 1.54) is 0 Å². The SMILES string of the molecule is CC(C)n1cc2ccc(C(=O)C(=O)N[C@H](C)[C@](O)(c3ccc(OC4CC4)c(Cl)c3)N3CCCC3)cc2n1. The molecule has 1 aliphatic heterocycles. The van der Waals surface area contributed by atoms with Crippen LogP contribution in [0.25, 0.3) is 10.9 Å². The molecule has 2 atom stereocenters. The molecule has 0 bridgehead atoms. The molecule has 1 amide bonds. The number of rotatable bonds is 9. The zero-order chi connectivity index (χ0) is 26.3. The molecule has 2 fully saturated rings. The first kappa shape index (κ1) is 25.7. The van der Waals surface area contributed by atoms with Gasteiger partial charge in [-0.2, -0.15) is 5.10 Å². The van der Waals surface area contributed by atoms with Crippen molar-refractivity contribution in [2.24, 2.45) is 0 Å². The minimum Gasteiger partial charge on any atom is -0.489 e. The molecule has 1 aliphatic carbocycles. The molecule has 0 radical (unpaired) electrons. The Morgan fingerprint density at radius 3 is 2.51 bits per heavy atom. The van der Waals surface area contributed by atoms with Crippen molar-refractivity contribution in [2.75, 3.05) is 13.1 Å². The summed E-state index contributed by atoms with van der Waals surface area (Å²) in [5.41, 5.74) is -0.102. The second kappa shape index (κ2) is 10.1. The number of carbonyl (C=O) groups excluding carboxylic acids is 2. The van der Waals surface area contributed by atoms with Crippen molar-refractivity contribution < 1.29 is 19.4 Å². The number of benzene rings is 2. The van der Waals surface area contributed by atoms with Gasteiger partial charge in [-0.25, -0.2) is 0 Å². The smallest absolute Gasteiger partial charge is 0.292 e. The van der Waals surface area contributed by atoms with Gasteiger partial charge in [0.1, 0.15) is 5.75 Å². The zero-order valence-electron chi connectivity index (χ0n) is 21.4. The number of hydrogen-bond acceptors (Lipinski definition) is 6. The maximum Gasteiger partial charge on any atom is 0.292 e. The van der Waals surface area contributed by atoms with E-state index in [2.05, 4.69) is 10.4 Å². The van der Waals surface area contributed by atoms with Gasteiger partial charge in [-0.05, 0) is 64.7 Å². The van der Waals surface area contributed by atoms with Gasteiger partial charge in [0.15, 0.2) is 5.72 Å². The number of ether oxygens (including phenoxy) is 1. The average Bonchev–Trinajstić information content (AvgIpc) is 3.33. The number of carbonyl (C=O) groups is 2. The average molecular weight is 525 g/mol. The number of aromatic nitrogens is 2. The van der Waals surface area contributed by atoms with E-state index in [4.69, 9.17) is 16.3 Å². The number of halogens is 1. The number of ketones is 1. The van der Waals surface area contributed by atoms with Crippen LogP contribution in [0.4, 0.5) is 0 Å². The van der Waals surface area contributed by atoms with Crippen LogP contribution in [-0.2, 0) is 10.5 Å². The van der Waals surface area contributed by atoms with Gasteiger partial charge < -0.3 is 15.2 Å². The van der Waals surface area contributed by atoms with E-state index >= 15 is 0 Å². The van der Waals surface area contributed by atoms with Crippen LogP contribution in [0.2, 0.25) is 5.02 Å². The predicted octanol–water partition coefficient (Wildman–Crippen LogP) is 4.44. The Morgan fingerprint density at radius 1 is 1.14 bits per heavy atom. The maximum atomic E-state index is 13.1. The number of hydrogen-bond donors (Lipinski definition) is 2. The van der Waals surface area contributed by atoms with Crippen LogP contribution in [0.5, 0.6) is 5.75 Å². The quantitative estimate of drug-likeness (QED) is 0.317. The summed E-state index contributed by atoms with van der Waals surface area (Å²) in [6.45, 7) is 7.08. The molecule has 2 aliphatic rings. The summed E-state index contributed by atoms with van der Waals surface area (Å²) >= 11 is 6.52. The van der Waals surface area contributed by atoms with E-state index in [9.17, 15) is 14.7 Å². The van der Waals surface area contributed by atoms with Crippen molar-refractivity contribution in [1.82, 2.24) is 20.0 Å². The van der Waals surface area contributed by atoms with Gasteiger partial charge in [-0.15, -0.1) is 0 Å². The molecule has 196 valence electrons. The molecule has 1 saturated carbocycles. The lowest BCUT2D eigenvalue weighted by Crippen LogP contribution is -2.59. The number of Topliss-reactive ketones (excluding diaryl/α,β-unsaturated/α-hetero) is 1. The van der Waals surface area contributed by atoms with Crippen LogP contribution in [0.1, 0.15) is 68.4 Å². The maximum absolute atomic E-state index is 13.1. The first-order valence-electron chi connectivity index (χ1n) is 12.9. The van der Waals surface area contributed by atoms with Crippen molar-refractivity contribution in [1.29, 1.82) is 0 Å². The number of nitrogens with one attached hydrogen (secondary N) is 1. The van der Waals surface area contributed by atoms with Gasteiger partial charge in [0.25, 0.3) is 5.91 Å². The Morgan fingerprint density at radius 2 is 1.86 bits per heavy atom. The van der Waals surface area contributed by atoms with Crippen LogP contribution in [0.15, 0.2) is 42.6 Å². The Balaban J connectivity index is 1.38. The van der Waals surface area contributed by atoms with Gasteiger partial charge in [0.05, 0.1) is 22.7 Å². The lowest BCUT2D eigenvalue weighted by Gasteiger charge is -2.42. The van der Waals surface area contributed by atoms with Crippen LogP contribution >= 0.6 is 11.6 Å². The van der Waals surface area contributed by atoms with E-state index < -0.39 is 23.5 Å². The fraction of sp³-hybridized carbons (Fsp3) is 0.464. The molecular weight excluding hydrogens is 492 g/mol. The summed E-state index contributed by atoms with van der Waals surface area (Å²) in [5, 5.41) is 20.6. The molecule has 1 aromatic heterocycles. The van der Waals surface area contributed by atoms with Crippen molar-refractivity contribution >= 4 is 34.2 Å². The highest BCUT2D eigenvalue weighted by atomic mass is 35.5. The second-order valence-electron chi connectivity index (χ2n) is 10.4. The minimum absolute atomic E-state index is 0.182. The summed E-state index contributed by atoms with van der Waals surface area (Å²) in [5.74, 6) is -0.880. The lowest BCUT2D eigenvalue weighted by molar-refractivity contribution is -0.139. The highest BCUT2D eigenvalue weighted by molar-refractivity contribution is 6.43. The lowest BCUT2D eigenvalue weighted by atomic mass is 9.93. The van der Waals surface area contributed by atoms with Gasteiger partial charge in [-0.1, -0.05) is 29.8 Å². The number of amides is 1. The van der Waals surface area contributed by atoms with E-state index in [1.54, 1.807) is 43.3 Å². The fourth-order valence-electron chi connectivity index (χ4n) is 4.89. The van der Waals surface area contributed by atoms with Crippen molar-refractivity contribution in [3.63, 3.8) is 0 Å². The monoisotopic (exact) mass is 524 g/mol. The Bertz CT molecular complexity index is 1330. The molecule has 5 rings (SSSR count). The number of aliphatic hydroxyl groups is 1. The number of nitrogens with zero attached hydrogens (tertiary/aromatic N) is 3. The third-order valence-corrected chi connectivity index (χ3v) is 7.53. The van der Waals surface area contributed by atoms with Crippen molar-refractivity contribution in [2.45, 2.75) is 70.4 Å². The third-order valence-electron chi connectivity index (χ3n) is 7.24. The Kier molecular flexibility index (Phi) is 7.00. The van der Waals surface area contributed by atoms with Gasteiger partial charge in [-0.3, -0.25) is 19.2 Å². The molecule has 3 aromatic rings. The van der Waals surface area contributed by atoms with E-state index in [0.717, 1.165) is 31.1 Å². The summed E-state index contributed by atoms with van der Waals surface area (Å²) in [7, 11) is 0. The third kappa shape index (κ3) is 5.10. The van der Waals surface area contributed by atoms with Gasteiger partial charge in [0, 0.05) is 41.8 Å². The van der Waals surface area contributed by atoms with Gasteiger partial charge >= 0.3 is 0 Å². The predicted molar refractivity (Wildman–Crippen MR) is 142 cm³/mol. The van der Waals surface area contributed by atoms with Crippen LogP contribution in [-0.4, -0.2) is 56.7 Å². The summed E-state index contributed by atoms with van der Waals surface area (Å²) in [6, 6.07) is 9.69. The van der Waals surface area contributed by atoms with E-state index in [-0.39, 0.29) is 17.7 Å². The van der Waals surface area contributed by atoms with Crippen molar-refractivity contribution in [3.05, 3.63) is 58.7 Å². The number of likely N-dealkylation sites (tertiary alicyclic amines) is 1. The molecule has 1 saturated heterocycles. The molecule has 0 unspecified atom stereocenters. The molecule has 2 aromatic carbocycles. The van der Waals surface area contributed by atoms with E-state index in [0.29, 0.717) is 34.9 Å². The molecule has 0 spiro atoms. The fourth-order valence-corrected chi connectivity index (χ4v) is 5.12. The van der Waals surface area contributed by atoms with Crippen LogP contribution in [0, 0.1) is 0 Å². The molecular formula is C28H33ClN4O4. The van der Waals surface area contributed by atoms with Crippen LogP contribution < -0.4 is 10.1 Å². The van der Waals surface area contributed by atoms with Crippen LogP contribution in [0.3, 0.4) is 0 Å². The zero-order valence-corrected chi connectivity index (χ0v) is 22.2. The second-order valence-corrected chi connectivity index (χ2v) is 10.8. The van der Waals surface area contributed by atoms with Gasteiger partial charge in [0.2, 0.25) is 5.78 Å². The normalized spacial score (nSPS) is 18.6. The molecule has 2 heterocycles. The molecule has 9 heteroatoms. The highest BCUT2D eigenvalue weighted by Gasteiger charge is 2.44. The minimum atomic E-state index is -1.55. The summed E-state index contributed by atoms with van der Waals surface area (Å²) < 4.78 is 7.67. The Labute approximate surface area is 221 Å². The molecule has 2 N–H and O–H groups in total. The first-order valence-corrected chi connectivity index (χ1v) is 13.3. The largest absolute Gasteiger partial charge is 0.489 e.